The molecule has 1 aliphatic rings. The summed E-state index contributed by atoms with van der Waals surface area (Å²) in [7, 11) is 0. The Morgan fingerprint density at radius 1 is 1.71 bits per heavy atom. The Morgan fingerprint density at radius 2 is 2.43 bits per heavy atom. The van der Waals surface area contributed by atoms with Gasteiger partial charge in [0, 0.05) is 6.54 Å². The number of amides is 1. The van der Waals surface area contributed by atoms with Crippen LogP contribution < -0.4 is 5.32 Å². The Morgan fingerprint density at radius 3 is 3.00 bits per heavy atom. The molecule has 0 radical (unpaired) electrons. The van der Waals surface area contributed by atoms with Crippen molar-refractivity contribution in [2.75, 3.05) is 18.1 Å². The molecular weight excluding hydrogens is 200 g/mol. The van der Waals surface area contributed by atoms with E-state index < -0.39 is 0 Å². The second-order valence-electron chi connectivity index (χ2n) is 3.36. The van der Waals surface area contributed by atoms with Crippen LogP contribution in [0, 0.1) is 17.2 Å². The molecule has 1 atom stereocenters. The van der Waals surface area contributed by atoms with E-state index in [4.69, 9.17) is 5.26 Å². The molecule has 1 saturated carbocycles. The number of nitrogens with zero attached hydrogens (tertiary/aromatic N) is 1. The highest BCUT2D eigenvalue weighted by atomic mass is 32.2. The molecule has 1 rings (SSSR count). The minimum Gasteiger partial charge on any atom is -0.391 e. The molecule has 0 spiro atoms. The summed E-state index contributed by atoms with van der Waals surface area (Å²) in [6.45, 7) is 0.344. The highest BCUT2D eigenvalue weighted by Gasteiger charge is 2.29. The third kappa shape index (κ3) is 4.49. The second-order valence-corrected chi connectivity index (χ2v) is 4.35. The average molecular weight is 214 g/mol. The van der Waals surface area contributed by atoms with Gasteiger partial charge in [-0.3, -0.25) is 4.79 Å². The van der Waals surface area contributed by atoms with Crippen LogP contribution in [0.4, 0.5) is 0 Å². The first kappa shape index (κ1) is 11.3. The maximum absolute atomic E-state index is 11.1. The number of thioether (sulfide) groups is 1. The minimum absolute atomic E-state index is 0.107. The van der Waals surface area contributed by atoms with Crippen LogP contribution in [0.3, 0.4) is 0 Å². The van der Waals surface area contributed by atoms with Gasteiger partial charge in [-0.15, -0.1) is 11.8 Å². The number of aliphatic hydroxyl groups is 1. The Hall–Kier alpha value is -0.730. The van der Waals surface area contributed by atoms with Gasteiger partial charge in [-0.05, 0) is 18.8 Å². The van der Waals surface area contributed by atoms with Gasteiger partial charge in [-0.2, -0.15) is 5.26 Å². The number of nitriles is 1. The fourth-order valence-corrected chi connectivity index (χ4v) is 1.59. The molecule has 0 heterocycles. The molecule has 0 aliphatic heterocycles. The molecule has 2 N–H and O–H groups in total. The molecular formula is C9H14N2O2S. The van der Waals surface area contributed by atoms with Gasteiger partial charge in [0.2, 0.25) is 5.91 Å². The van der Waals surface area contributed by atoms with Crippen molar-refractivity contribution >= 4 is 17.7 Å². The summed E-state index contributed by atoms with van der Waals surface area (Å²) < 4.78 is 0. The van der Waals surface area contributed by atoms with Crippen molar-refractivity contribution in [2.45, 2.75) is 18.9 Å². The summed E-state index contributed by atoms with van der Waals surface area (Å²) in [5.41, 5.74) is 0. The van der Waals surface area contributed by atoms with Crippen LogP contribution in [0.2, 0.25) is 0 Å². The first-order valence-electron chi connectivity index (χ1n) is 4.63. The summed E-state index contributed by atoms with van der Waals surface area (Å²) >= 11 is 1.28. The second kappa shape index (κ2) is 5.89. The lowest BCUT2D eigenvalue weighted by Gasteiger charge is -2.09. The maximum atomic E-state index is 11.1. The van der Waals surface area contributed by atoms with Crippen molar-refractivity contribution in [2.24, 2.45) is 5.92 Å². The lowest BCUT2D eigenvalue weighted by molar-refractivity contribution is -0.119. The van der Waals surface area contributed by atoms with Gasteiger partial charge in [0.15, 0.2) is 0 Å². The fourth-order valence-electron chi connectivity index (χ4n) is 1.11. The number of aliphatic hydroxyl groups excluding tert-OH is 1. The topological polar surface area (TPSA) is 73.1 Å². The predicted octanol–water partition coefficient (Wildman–Crippen LogP) is 0.130. The average Bonchev–Trinajstić information content (AvgIpc) is 2.98. The van der Waals surface area contributed by atoms with E-state index in [0.717, 1.165) is 12.8 Å². The van der Waals surface area contributed by atoms with E-state index >= 15 is 0 Å². The van der Waals surface area contributed by atoms with Gasteiger partial charge in [-0.25, -0.2) is 0 Å². The minimum atomic E-state index is -0.389. The van der Waals surface area contributed by atoms with Crippen LogP contribution in [0.1, 0.15) is 12.8 Å². The Balaban J connectivity index is 1.99. The van der Waals surface area contributed by atoms with Gasteiger partial charge in [0.05, 0.1) is 23.7 Å². The van der Waals surface area contributed by atoms with Crippen molar-refractivity contribution in [3.05, 3.63) is 0 Å². The molecule has 0 aromatic rings. The molecule has 0 saturated heterocycles. The van der Waals surface area contributed by atoms with E-state index in [9.17, 15) is 9.90 Å². The number of nitrogens with one attached hydrogen (secondary N) is 1. The monoisotopic (exact) mass is 214 g/mol. The molecule has 1 unspecified atom stereocenters. The molecule has 14 heavy (non-hydrogen) atoms. The molecule has 1 aliphatic carbocycles. The molecule has 0 aromatic carbocycles. The van der Waals surface area contributed by atoms with Crippen molar-refractivity contribution in [1.29, 1.82) is 5.26 Å². The van der Waals surface area contributed by atoms with Crippen LogP contribution in [0.5, 0.6) is 0 Å². The summed E-state index contributed by atoms with van der Waals surface area (Å²) in [5, 5.41) is 20.3. The number of rotatable bonds is 6. The first-order valence-corrected chi connectivity index (χ1v) is 5.79. The standard InChI is InChI=1S/C9H14N2O2S/c10-3-4-14-6-9(13)11-5-8(12)7-1-2-7/h7-8,12H,1-2,4-6H2,(H,11,13). The van der Waals surface area contributed by atoms with E-state index in [1.54, 1.807) is 0 Å². The van der Waals surface area contributed by atoms with Crippen LogP contribution >= 0.6 is 11.8 Å². The normalized spacial score (nSPS) is 17.1. The van der Waals surface area contributed by atoms with E-state index in [1.165, 1.54) is 11.8 Å². The van der Waals surface area contributed by atoms with Crippen LogP contribution in [0.15, 0.2) is 0 Å². The van der Waals surface area contributed by atoms with E-state index in [-0.39, 0.29) is 12.0 Å². The van der Waals surface area contributed by atoms with Crippen LogP contribution in [-0.4, -0.2) is 35.2 Å². The Kier molecular flexibility index (Phi) is 4.77. The lowest BCUT2D eigenvalue weighted by atomic mass is 10.2. The Bertz CT molecular complexity index is 235. The van der Waals surface area contributed by atoms with Gasteiger partial charge in [0.1, 0.15) is 0 Å². The molecule has 0 aromatic heterocycles. The van der Waals surface area contributed by atoms with Gasteiger partial charge < -0.3 is 10.4 Å². The first-order chi connectivity index (χ1) is 6.74. The number of hydrogen-bond donors (Lipinski definition) is 2. The molecule has 4 nitrogen and oxygen atoms in total. The molecule has 78 valence electrons. The number of carbonyl (C=O) groups excluding carboxylic acids is 1. The van der Waals surface area contributed by atoms with Gasteiger partial charge in [0.25, 0.3) is 0 Å². The summed E-state index contributed by atoms with van der Waals surface area (Å²) in [4.78, 5) is 11.1. The third-order valence-corrected chi connectivity index (χ3v) is 2.87. The predicted molar refractivity (Wildman–Crippen MR) is 54.7 cm³/mol. The SMILES string of the molecule is N#CCSCC(=O)NCC(O)C1CC1. The zero-order valence-corrected chi connectivity index (χ0v) is 8.72. The van der Waals surface area contributed by atoms with E-state index in [1.807, 2.05) is 6.07 Å². The summed E-state index contributed by atoms with van der Waals surface area (Å²) in [5.74, 6) is 0.913. The molecule has 1 amide bonds. The van der Waals surface area contributed by atoms with E-state index in [2.05, 4.69) is 5.32 Å². The molecule has 0 bridgehead atoms. The van der Waals surface area contributed by atoms with Crippen LogP contribution in [0.25, 0.3) is 0 Å². The lowest BCUT2D eigenvalue weighted by Crippen LogP contribution is -2.34. The maximum Gasteiger partial charge on any atom is 0.230 e. The zero-order valence-electron chi connectivity index (χ0n) is 7.90. The van der Waals surface area contributed by atoms with E-state index in [0.29, 0.717) is 24.0 Å². The number of hydrogen-bond acceptors (Lipinski definition) is 4. The van der Waals surface area contributed by atoms with Gasteiger partial charge in [-0.1, -0.05) is 0 Å². The Labute approximate surface area is 87.7 Å². The van der Waals surface area contributed by atoms with Crippen LogP contribution in [-0.2, 0) is 4.79 Å². The zero-order chi connectivity index (χ0) is 10.4. The van der Waals surface area contributed by atoms with Crippen molar-refractivity contribution in [3.8, 4) is 6.07 Å². The third-order valence-electron chi connectivity index (χ3n) is 2.07. The van der Waals surface area contributed by atoms with Crippen molar-refractivity contribution in [1.82, 2.24) is 5.32 Å². The summed E-state index contributed by atoms with van der Waals surface area (Å²) in [6.07, 6.45) is 1.75. The number of carbonyl (C=O) groups is 1. The summed E-state index contributed by atoms with van der Waals surface area (Å²) in [6, 6.07) is 1.95. The van der Waals surface area contributed by atoms with Crippen molar-refractivity contribution in [3.63, 3.8) is 0 Å². The molecule has 5 heteroatoms. The molecule has 1 fully saturated rings. The largest absolute Gasteiger partial charge is 0.391 e. The smallest absolute Gasteiger partial charge is 0.230 e. The highest BCUT2D eigenvalue weighted by Crippen LogP contribution is 2.32. The van der Waals surface area contributed by atoms with Crippen molar-refractivity contribution < 1.29 is 9.90 Å². The highest BCUT2D eigenvalue weighted by molar-refractivity contribution is 8.00. The quantitative estimate of drug-likeness (QED) is 0.616. The van der Waals surface area contributed by atoms with Gasteiger partial charge >= 0.3 is 0 Å². The fraction of sp³-hybridized carbons (Fsp3) is 0.778.